The molecule has 25 heavy (non-hydrogen) atoms. The molecule has 0 saturated carbocycles. The van der Waals surface area contributed by atoms with E-state index in [1.54, 1.807) is 18.2 Å². The van der Waals surface area contributed by atoms with Gasteiger partial charge in [0.1, 0.15) is 5.82 Å². The van der Waals surface area contributed by atoms with Crippen molar-refractivity contribution in [2.24, 2.45) is 5.41 Å². The van der Waals surface area contributed by atoms with Gasteiger partial charge in [-0.15, -0.1) is 0 Å². The molecule has 0 N–H and O–H groups in total. The Morgan fingerprint density at radius 3 is 2.20 bits per heavy atom. The number of rotatable bonds is 4. The average Bonchev–Trinajstić information content (AvgIpc) is 2.78. The van der Waals surface area contributed by atoms with E-state index in [-0.39, 0.29) is 23.0 Å². The van der Waals surface area contributed by atoms with Crippen LogP contribution in [0.2, 0.25) is 0 Å². The van der Waals surface area contributed by atoms with Gasteiger partial charge < -0.3 is 9.80 Å². The van der Waals surface area contributed by atoms with Gasteiger partial charge in [0.05, 0.1) is 0 Å². The van der Waals surface area contributed by atoms with Crippen LogP contribution in [0.4, 0.5) is 4.39 Å². The van der Waals surface area contributed by atoms with Crippen molar-refractivity contribution in [1.29, 1.82) is 0 Å². The van der Waals surface area contributed by atoms with E-state index in [1.165, 1.54) is 6.07 Å². The van der Waals surface area contributed by atoms with E-state index in [1.807, 2.05) is 9.80 Å². The molecular weight excluding hydrogens is 319 g/mol. The van der Waals surface area contributed by atoms with Gasteiger partial charge in [0, 0.05) is 39.0 Å². The van der Waals surface area contributed by atoms with Crippen molar-refractivity contribution in [2.45, 2.75) is 46.5 Å². The molecule has 4 nitrogen and oxygen atoms in total. The first-order valence-electron chi connectivity index (χ1n) is 9.05. The first-order chi connectivity index (χ1) is 11.8. The van der Waals surface area contributed by atoms with E-state index >= 15 is 0 Å². The maximum absolute atomic E-state index is 13.7. The minimum atomic E-state index is -0.259. The molecule has 2 amide bonds. The van der Waals surface area contributed by atoms with Crippen LogP contribution in [0.15, 0.2) is 24.3 Å². The molecule has 1 saturated heterocycles. The number of carbonyl (C=O) groups excluding carboxylic acids is 2. The third kappa shape index (κ3) is 6.15. The summed E-state index contributed by atoms with van der Waals surface area (Å²) in [5.41, 5.74) is 0.547. The highest BCUT2D eigenvalue weighted by Crippen LogP contribution is 2.20. The fourth-order valence-electron chi connectivity index (χ4n) is 3.08. The predicted molar refractivity (Wildman–Crippen MR) is 96.6 cm³/mol. The second-order valence-corrected chi connectivity index (χ2v) is 7.94. The van der Waals surface area contributed by atoms with Crippen LogP contribution < -0.4 is 0 Å². The van der Waals surface area contributed by atoms with Crippen LogP contribution in [0.25, 0.3) is 0 Å². The summed E-state index contributed by atoms with van der Waals surface area (Å²) in [6.07, 6.45) is 2.03. The SMILES string of the molecule is CC(C)(C)CC(=O)N1CCCN(C(=O)CCc2ccccc2F)CC1. The minimum absolute atomic E-state index is 0.0291. The molecule has 1 fully saturated rings. The molecule has 1 aliphatic heterocycles. The monoisotopic (exact) mass is 348 g/mol. The lowest BCUT2D eigenvalue weighted by Gasteiger charge is -2.25. The highest BCUT2D eigenvalue weighted by molar-refractivity contribution is 5.78. The summed E-state index contributed by atoms with van der Waals surface area (Å²) >= 11 is 0. The van der Waals surface area contributed by atoms with E-state index in [9.17, 15) is 14.0 Å². The van der Waals surface area contributed by atoms with Crippen molar-refractivity contribution in [3.05, 3.63) is 35.6 Å². The van der Waals surface area contributed by atoms with Crippen molar-refractivity contribution >= 4 is 11.8 Å². The number of aryl methyl sites for hydroxylation is 1. The lowest BCUT2D eigenvalue weighted by Crippen LogP contribution is -2.38. The van der Waals surface area contributed by atoms with Crippen molar-refractivity contribution in [3.8, 4) is 0 Å². The Balaban J connectivity index is 1.84. The van der Waals surface area contributed by atoms with Gasteiger partial charge in [-0.1, -0.05) is 39.0 Å². The van der Waals surface area contributed by atoms with Crippen LogP contribution in [0.3, 0.4) is 0 Å². The Morgan fingerprint density at radius 1 is 1.00 bits per heavy atom. The number of carbonyl (C=O) groups is 2. The first kappa shape index (κ1) is 19.4. The second kappa shape index (κ2) is 8.45. The van der Waals surface area contributed by atoms with Crippen LogP contribution in [0.5, 0.6) is 0 Å². The Morgan fingerprint density at radius 2 is 1.60 bits per heavy atom. The van der Waals surface area contributed by atoms with Crippen LogP contribution in [0, 0.1) is 11.2 Å². The van der Waals surface area contributed by atoms with Gasteiger partial charge in [-0.25, -0.2) is 4.39 Å². The maximum atomic E-state index is 13.7. The molecule has 0 atom stereocenters. The number of halogens is 1. The lowest BCUT2D eigenvalue weighted by atomic mass is 9.91. The number of hydrogen-bond acceptors (Lipinski definition) is 2. The standard InChI is InChI=1S/C20H29FN2O2/c1-20(2,3)15-19(25)23-12-6-11-22(13-14-23)18(24)10-9-16-7-4-5-8-17(16)21/h4-5,7-8H,6,9-15H2,1-3H3. The fraction of sp³-hybridized carbons (Fsp3) is 0.600. The molecule has 1 aromatic carbocycles. The summed E-state index contributed by atoms with van der Waals surface area (Å²) in [4.78, 5) is 28.5. The summed E-state index contributed by atoms with van der Waals surface area (Å²) in [6, 6.07) is 6.58. The van der Waals surface area contributed by atoms with Gasteiger partial charge in [-0.05, 0) is 29.9 Å². The Kier molecular flexibility index (Phi) is 6.57. The fourth-order valence-corrected chi connectivity index (χ4v) is 3.08. The summed E-state index contributed by atoms with van der Waals surface area (Å²) in [6.45, 7) is 8.68. The normalized spacial score (nSPS) is 15.8. The van der Waals surface area contributed by atoms with Gasteiger partial charge >= 0.3 is 0 Å². The largest absolute Gasteiger partial charge is 0.341 e. The molecule has 0 unspecified atom stereocenters. The number of hydrogen-bond donors (Lipinski definition) is 0. The molecule has 138 valence electrons. The van der Waals surface area contributed by atoms with Crippen molar-refractivity contribution < 1.29 is 14.0 Å². The van der Waals surface area contributed by atoms with Crippen LogP contribution in [0.1, 0.15) is 45.6 Å². The van der Waals surface area contributed by atoms with Gasteiger partial charge in [-0.2, -0.15) is 0 Å². The van der Waals surface area contributed by atoms with E-state index in [0.29, 0.717) is 51.0 Å². The van der Waals surface area contributed by atoms with Crippen LogP contribution >= 0.6 is 0 Å². The predicted octanol–water partition coefficient (Wildman–Crippen LogP) is 3.26. The second-order valence-electron chi connectivity index (χ2n) is 7.94. The average molecular weight is 348 g/mol. The Hall–Kier alpha value is -1.91. The molecule has 0 aliphatic carbocycles. The Labute approximate surface area is 150 Å². The van der Waals surface area contributed by atoms with Crippen molar-refractivity contribution in [1.82, 2.24) is 9.80 Å². The molecular formula is C20H29FN2O2. The first-order valence-corrected chi connectivity index (χ1v) is 9.05. The molecule has 1 heterocycles. The molecule has 2 rings (SSSR count). The smallest absolute Gasteiger partial charge is 0.223 e. The van der Waals surface area contributed by atoms with E-state index in [4.69, 9.17) is 0 Å². The van der Waals surface area contributed by atoms with E-state index < -0.39 is 0 Å². The summed E-state index contributed by atoms with van der Waals surface area (Å²) in [5, 5.41) is 0. The van der Waals surface area contributed by atoms with Gasteiger partial charge in [0.2, 0.25) is 11.8 Å². The molecule has 5 heteroatoms. The highest BCUT2D eigenvalue weighted by Gasteiger charge is 2.25. The molecule has 1 aliphatic rings. The van der Waals surface area contributed by atoms with Gasteiger partial charge in [0.15, 0.2) is 0 Å². The third-order valence-electron chi connectivity index (χ3n) is 4.45. The lowest BCUT2D eigenvalue weighted by molar-refractivity contribution is -0.134. The maximum Gasteiger partial charge on any atom is 0.223 e. The van der Waals surface area contributed by atoms with Gasteiger partial charge in [-0.3, -0.25) is 9.59 Å². The van der Waals surface area contributed by atoms with Crippen molar-refractivity contribution in [2.75, 3.05) is 26.2 Å². The van der Waals surface area contributed by atoms with Crippen LogP contribution in [-0.2, 0) is 16.0 Å². The quantitative estimate of drug-likeness (QED) is 0.838. The summed E-state index contributed by atoms with van der Waals surface area (Å²) in [7, 11) is 0. The van der Waals surface area contributed by atoms with E-state index in [0.717, 1.165) is 6.42 Å². The molecule has 1 aromatic rings. The number of amides is 2. The summed E-state index contributed by atoms with van der Waals surface area (Å²) in [5.74, 6) is -0.0633. The zero-order valence-electron chi connectivity index (χ0n) is 15.6. The van der Waals surface area contributed by atoms with Gasteiger partial charge in [0.25, 0.3) is 0 Å². The third-order valence-corrected chi connectivity index (χ3v) is 4.45. The molecule has 0 spiro atoms. The molecule has 0 bridgehead atoms. The molecule has 0 aromatic heterocycles. The highest BCUT2D eigenvalue weighted by atomic mass is 19.1. The van der Waals surface area contributed by atoms with Crippen molar-refractivity contribution in [3.63, 3.8) is 0 Å². The minimum Gasteiger partial charge on any atom is -0.341 e. The number of nitrogens with zero attached hydrogens (tertiary/aromatic N) is 2. The van der Waals surface area contributed by atoms with E-state index in [2.05, 4.69) is 20.8 Å². The zero-order chi connectivity index (χ0) is 18.4. The van der Waals surface area contributed by atoms with Crippen LogP contribution in [-0.4, -0.2) is 47.8 Å². The number of benzene rings is 1. The Bertz CT molecular complexity index is 610. The zero-order valence-corrected chi connectivity index (χ0v) is 15.6. The summed E-state index contributed by atoms with van der Waals surface area (Å²) < 4.78 is 13.7. The topological polar surface area (TPSA) is 40.6 Å². The molecule has 0 radical (unpaired) electrons.